The summed E-state index contributed by atoms with van der Waals surface area (Å²) < 4.78 is 15.8. The molecule has 0 saturated carbocycles. The maximum absolute atomic E-state index is 5.43. The number of aromatic nitrogens is 2. The lowest BCUT2D eigenvalue weighted by Crippen LogP contribution is -2.08. The second kappa shape index (κ2) is 6.86. The van der Waals surface area contributed by atoms with Crippen molar-refractivity contribution < 1.29 is 14.0 Å². The molecule has 0 radical (unpaired) electrons. The van der Waals surface area contributed by atoms with Crippen LogP contribution in [0.25, 0.3) is 11.4 Å². The van der Waals surface area contributed by atoms with Crippen molar-refractivity contribution >= 4 is 0 Å². The summed E-state index contributed by atoms with van der Waals surface area (Å²) in [5, 5.41) is 3.91. The van der Waals surface area contributed by atoms with Crippen LogP contribution in [0, 0.1) is 0 Å². The van der Waals surface area contributed by atoms with E-state index in [0.29, 0.717) is 31.5 Å². The SMILES string of the molecule is CCOc1cccc(-c2noc(COCCN)n2)c1. The van der Waals surface area contributed by atoms with Crippen molar-refractivity contribution in [2.75, 3.05) is 19.8 Å². The van der Waals surface area contributed by atoms with Crippen LogP contribution in [0.4, 0.5) is 0 Å². The summed E-state index contributed by atoms with van der Waals surface area (Å²) in [4.78, 5) is 4.25. The zero-order chi connectivity index (χ0) is 13.5. The number of hydrogen-bond acceptors (Lipinski definition) is 6. The van der Waals surface area contributed by atoms with Crippen molar-refractivity contribution in [1.82, 2.24) is 10.1 Å². The van der Waals surface area contributed by atoms with Gasteiger partial charge < -0.3 is 19.7 Å². The predicted octanol–water partition coefficient (Wildman–Crippen LogP) is 1.61. The van der Waals surface area contributed by atoms with Gasteiger partial charge in [-0.25, -0.2) is 0 Å². The molecule has 2 N–H and O–H groups in total. The summed E-state index contributed by atoms with van der Waals surface area (Å²) in [7, 11) is 0. The van der Waals surface area contributed by atoms with Gasteiger partial charge in [-0.3, -0.25) is 0 Å². The number of benzene rings is 1. The third kappa shape index (κ3) is 3.77. The summed E-state index contributed by atoms with van der Waals surface area (Å²) in [6.07, 6.45) is 0. The number of rotatable bonds is 7. The van der Waals surface area contributed by atoms with Gasteiger partial charge in [0.15, 0.2) is 0 Å². The molecule has 0 bridgehead atoms. The van der Waals surface area contributed by atoms with E-state index in [2.05, 4.69) is 10.1 Å². The van der Waals surface area contributed by atoms with E-state index >= 15 is 0 Å². The molecule has 0 amide bonds. The molecular weight excluding hydrogens is 246 g/mol. The molecule has 19 heavy (non-hydrogen) atoms. The quantitative estimate of drug-likeness (QED) is 0.764. The van der Waals surface area contributed by atoms with Crippen LogP contribution < -0.4 is 10.5 Å². The number of hydrogen-bond donors (Lipinski definition) is 1. The van der Waals surface area contributed by atoms with Crippen LogP contribution in [0.2, 0.25) is 0 Å². The van der Waals surface area contributed by atoms with Crippen LogP contribution in [0.15, 0.2) is 28.8 Å². The van der Waals surface area contributed by atoms with Crippen LogP contribution >= 0.6 is 0 Å². The molecule has 2 aromatic rings. The topological polar surface area (TPSA) is 83.4 Å². The molecule has 0 atom stereocenters. The lowest BCUT2D eigenvalue weighted by Gasteiger charge is -2.02. The minimum atomic E-state index is 0.273. The molecule has 6 nitrogen and oxygen atoms in total. The average Bonchev–Trinajstić information content (AvgIpc) is 2.89. The van der Waals surface area contributed by atoms with Gasteiger partial charge in [-0.1, -0.05) is 17.3 Å². The maximum atomic E-state index is 5.43. The van der Waals surface area contributed by atoms with Gasteiger partial charge in [0.1, 0.15) is 12.4 Å². The maximum Gasteiger partial charge on any atom is 0.252 e. The zero-order valence-electron chi connectivity index (χ0n) is 10.8. The van der Waals surface area contributed by atoms with Gasteiger partial charge in [0.2, 0.25) is 5.82 Å². The van der Waals surface area contributed by atoms with Crippen molar-refractivity contribution in [2.45, 2.75) is 13.5 Å². The van der Waals surface area contributed by atoms with E-state index in [-0.39, 0.29) is 6.61 Å². The van der Waals surface area contributed by atoms with Gasteiger partial charge in [0.05, 0.1) is 13.2 Å². The fourth-order valence-corrected chi connectivity index (χ4v) is 1.57. The smallest absolute Gasteiger partial charge is 0.252 e. The summed E-state index contributed by atoms with van der Waals surface area (Å²) in [6, 6.07) is 7.55. The van der Waals surface area contributed by atoms with Crippen LogP contribution in [0.1, 0.15) is 12.8 Å². The van der Waals surface area contributed by atoms with Crippen LogP contribution in [0.5, 0.6) is 5.75 Å². The van der Waals surface area contributed by atoms with E-state index in [9.17, 15) is 0 Å². The first-order valence-corrected chi connectivity index (χ1v) is 6.17. The first-order chi connectivity index (χ1) is 9.33. The summed E-state index contributed by atoms with van der Waals surface area (Å²) in [5.74, 6) is 1.74. The van der Waals surface area contributed by atoms with Crippen LogP contribution in [-0.2, 0) is 11.3 Å². The molecule has 1 aromatic carbocycles. The Morgan fingerprint density at radius 3 is 3.05 bits per heavy atom. The van der Waals surface area contributed by atoms with Crippen molar-refractivity contribution in [2.24, 2.45) is 5.73 Å². The lowest BCUT2D eigenvalue weighted by atomic mass is 10.2. The Balaban J connectivity index is 2.07. The first-order valence-electron chi connectivity index (χ1n) is 6.17. The first kappa shape index (κ1) is 13.5. The minimum Gasteiger partial charge on any atom is -0.494 e. The molecule has 0 fully saturated rings. The number of nitrogens with zero attached hydrogens (tertiary/aromatic N) is 2. The fourth-order valence-electron chi connectivity index (χ4n) is 1.57. The molecule has 0 aliphatic carbocycles. The summed E-state index contributed by atoms with van der Waals surface area (Å²) >= 11 is 0. The number of ether oxygens (including phenoxy) is 2. The highest BCUT2D eigenvalue weighted by Gasteiger charge is 2.09. The third-order valence-corrected chi connectivity index (χ3v) is 2.36. The van der Waals surface area contributed by atoms with Gasteiger partial charge >= 0.3 is 0 Å². The Morgan fingerprint density at radius 2 is 2.26 bits per heavy atom. The molecule has 2 rings (SSSR count). The monoisotopic (exact) mass is 263 g/mol. The second-order valence-electron chi connectivity index (χ2n) is 3.81. The standard InChI is InChI=1S/C13H17N3O3/c1-2-18-11-5-3-4-10(8-11)13-15-12(19-16-13)9-17-7-6-14/h3-5,8H,2,6-7,9,14H2,1H3. The molecule has 102 valence electrons. The van der Waals surface area contributed by atoms with Crippen molar-refractivity contribution in [3.63, 3.8) is 0 Å². The van der Waals surface area contributed by atoms with Crippen LogP contribution in [-0.4, -0.2) is 29.9 Å². The molecule has 1 heterocycles. The summed E-state index contributed by atoms with van der Waals surface area (Å²) in [5.41, 5.74) is 6.18. The van der Waals surface area contributed by atoms with E-state index < -0.39 is 0 Å². The van der Waals surface area contributed by atoms with Crippen molar-refractivity contribution in [1.29, 1.82) is 0 Å². The largest absolute Gasteiger partial charge is 0.494 e. The average molecular weight is 263 g/mol. The van der Waals surface area contributed by atoms with Crippen LogP contribution in [0.3, 0.4) is 0 Å². The van der Waals surface area contributed by atoms with E-state index in [0.717, 1.165) is 11.3 Å². The molecular formula is C13H17N3O3. The van der Waals surface area contributed by atoms with Crippen molar-refractivity contribution in [3.05, 3.63) is 30.2 Å². The van der Waals surface area contributed by atoms with Gasteiger partial charge in [0, 0.05) is 12.1 Å². The minimum absolute atomic E-state index is 0.273. The molecule has 0 aliphatic heterocycles. The Bertz CT molecular complexity index is 513. The van der Waals surface area contributed by atoms with Crippen molar-refractivity contribution in [3.8, 4) is 17.1 Å². The predicted molar refractivity (Wildman–Crippen MR) is 69.6 cm³/mol. The Hall–Kier alpha value is -1.92. The lowest BCUT2D eigenvalue weighted by molar-refractivity contribution is 0.104. The van der Waals surface area contributed by atoms with Gasteiger partial charge in [-0.05, 0) is 19.1 Å². The van der Waals surface area contributed by atoms with E-state index in [1.165, 1.54) is 0 Å². The Kier molecular flexibility index (Phi) is 4.88. The highest BCUT2D eigenvalue weighted by Crippen LogP contribution is 2.21. The Labute approximate surface area is 111 Å². The fraction of sp³-hybridized carbons (Fsp3) is 0.385. The Morgan fingerprint density at radius 1 is 1.37 bits per heavy atom. The summed E-state index contributed by atoms with van der Waals surface area (Å²) in [6.45, 7) is 3.77. The third-order valence-electron chi connectivity index (χ3n) is 2.36. The second-order valence-corrected chi connectivity index (χ2v) is 3.81. The highest BCUT2D eigenvalue weighted by molar-refractivity contribution is 5.56. The molecule has 0 aliphatic rings. The molecule has 6 heteroatoms. The van der Waals surface area contributed by atoms with Gasteiger partial charge in [-0.15, -0.1) is 0 Å². The molecule has 0 saturated heterocycles. The van der Waals surface area contributed by atoms with Gasteiger partial charge in [-0.2, -0.15) is 4.98 Å². The molecule has 0 spiro atoms. The molecule has 1 aromatic heterocycles. The highest BCUT2D eigenvalue weighted by atomic mass is 16.5. The van der Waals surface area contributed by atoms with E-state index in [1.54, 1.807) is 0 Å². The zero-order valence-corrected chi connectivity index (χ0v) is 10.8. The molecule has 0 unspecified atom stereocenters. The normalized spacial score (nSPS) is 10.6. The number of nitrogens with two attached hydrogens (primary N) is 1. The van der Waals surface area contributed by atoms with E-state index in [4.69, 9.17) is 19.7 Å². The van der Waals surface area contributed by atoms with E-state index in [1.807, 2.05) is 31.2 Å². The van der Waals surface area contributed by atoms with Gasteiger partial charge in [0.25, 0.3) is 5.89 Å².